The molecule has 0 unspecified atom stereocenters. The lowest BCUT2D eigenvalue weighted by Gasteiger charge is -2.01. The van der Waals surface area contributed by atoms with Crippen molar-refractivity contribution in [1.29, 1.82) is 0 Å². The number of anilines is 1. The zero-order chi connectivity index (χ0) is 12.6. The highest BCUT2D eigenvalue weighted by Crippen LogP contribution is 2.23. The second kappa shape index (κ2) is 4.13. The van der Waals surface area contributed by atoms with E-state index < -0.39 is 5.97 Å². The summed E-state index contributed by atoms with van der Waals surface area (Å²) >= 11 is 1.37. The molecule has 0 aromatic carbocycles. The molecular formula is C9H11N5O2S. The van der Waals surface area contributed by atoms with Crippen LogP contribution in [0.3, 0.4) is 0 Å². The molecule has 0 atom stereocenters. The van der Waals surface area contributed by atoms with Crippen molar-refractivity contribution in [2.24, 2.45) is 0 Å². The largest absolute Gasteiger partial charge is 0.464 e. The number of esters is 1. The first kappa shape index (κ1) is 11.5. The second-order valence-electron chi connectivity index (χ2n) is 3.32. The number of aryl methyl sites for hydroxylation is 2. The van der Waals surface area contributed by atoms with Gasteiger partial charge in [0.1, 0.15) is 16.6 Å². The van der Waals surface area contributed by atoms with Crippen LogP contribution in [0.1, 0.15) is 21.3 Å². The zero-order valence-electron chi connectivity index (χ0n) is 9.59. The number of carbonyl (C=O) groups excluding carboxylic acids is 1. The molecule has 0 aliphatic heterocycles. The molecule has 0 amide bonds. The Bertz CT molecular complexity index is 574. The van der Waals surface area contributed by atoms with Crippen LogP contribution in [-0.2, 0) is 4.74 Å². The molecule has 0 fully saturated rings. The molecule has 90 valence electrons. The Kier molecular flexibility index (Phi) is 2.80. The Labute approximate surface area is 101 Å². The molecule has 0 spiro atoms. The summed E-state index contributed by atoms with van der Waals surface area (Å²) in [6.07, 6.45) is 0. The van der Waals surface area contributed by atoms with Gasteiger partial charge in [-0.25, -0.2) is 9.78 Å². The topological polar surface area (TPSA) is 95.9 Å². The van der Waals surface area contributed by atoms with Crippen LogP contribution < -0.4 is 5.73 Å². The van der Waals surface area contributed by atoms with Crippen molar-refractivity contribution in [1.82, 2.24) is 19.7 Å². The maximum atomic E-state index is 11.4. The van der Waals surface area contributed by atoms with Gasteiger partial charge in [-0.05, 0) is 13.8 Å². The molecule has 0 saturated carbocycles. The van der Waals surface area contributed by atoms with Crippen LogP contribution in [0.15, 0.2) is 0 Å². The third-order valence-electron chi connectivity index (χ3n) is 2.17. The van der Waals surface area contributed by atoms with E-state index in [1.807, 2.05) is 6.92 Å². The summed E-state index contributed by atoms with van der Waals surface area (Å²) in [5, 5.41) is 9.26. The Morgan fingerprint density at radius 2 is 2.12 bits per heavy atom. The van der Waals surface area contributed by atoms with Crippen molar-refractivity contribution in [3.05, 3.63) is 16.5 Å². The molecule has 2 heterocycles. The van der Waals surface area contributed by atoms with Gasteiger partial charge in [-0.2, -0.15) is 0 Å². The molecule has 2 N–H and O–H groups in total. The van der Waals surface area contributed by atoms with E-state index >= 15 is 0 Å². The first-order valence-electron chi connectivity index (χ1n) is 4.78. The maximum Gasteiger partial charge on any atom is 0.360 e. The van der Waals surface area contributed by atoms with Crippen LogP contribution in [0.25, 0.3) is 5.13 Å². The normalized spacial score (nSPS) is 10.5. The zero-order valence-corrected chi connectivity index (χ0v) is 10.4. The number of hydrogen-bond donors (Lipinski definition) is 1. The van der Waals surface area contributed by atoms with Crippen LogP contribution in [0.5, 0.6) is 0 Å². The van der Waals surface area contributed by atoms with Crippen molar-refractivity contribution >= 4 is 23.1 Å². The third kappa shape index (κ3) is 1.86. The van der Waals surface area contributed by atoms with Crippen LogP contribution in [0.2, 0.25) is 0 Å². The molecule has 0 aliphatic rings. The smallest absolute Gasteiger partial charge is 0.360 e. The van der Waals surface area contributed by atoms with Crippen molar-refractivity contribution in [3.63, 3.8) is 0 Å². The molecule has 8 heteroatoms. The van der Waals surface area contributed by atoms with Gasteiger partial charge < -0.3 is 10.5 Å². The van der Waals surface area contributed by atoms with Crippen molar-refractivity contribution < 1.29 is 9.53 Å². The lowest BCUT2D eigenvalue weighted by Crippen LogP contribution is -2.07. The molecular weight excluding hydrogens is 242 g/mol. The molecule has 0 radical (unpaired) electrons. The average Bonchev–Trinajstić information content (AvgIpc) is 2.82. The average molecular weight is 253 g/mol. The van der Waals surface area contributed by atoms with E-state index in [0.717, 1.165) is 5.01 Å². The van der Waals surface area contributed by atoms with Crippen LogP contribution in [-0.4, -0.2) is 32.8 Å². The van der Waals surface area contributed by atoms with Gasteiger partial charge in [0.05, 0.1) is 7.11 Å². The van der Waals surface area contributed by atoms with Crippen LogP contribution in [0.4, 0.5) is 5.82 Å². The van der Waals surface area contributed by atoms with Gasteiger partial charge in [0.2, 0.25) is 5.13 Å². The van der Waals surface area contributed by atoms with E-state index in [-0.39, 0.29) is 11.5 Å². The van der Waals surface area contributed by atoms with Gasteiger partial charge >= 0.3 is 5.97 Å². The van der Waals surface area contributed by atoms with E-state index in [1.54, 1.807) is 11.5 Å². The summed E-state index contributed by atoms with van der Waals surface area (Å²) in [5.41, 5.74) is 5.96. The first-order chi connectivity index (χ1) is 8.04. The maximum absolute atomic E-state index is 11.4. The summed E-state index contributed by atoms with van der Waals surface area (Å²) < 4.78 is 6.18. The quantitative estimate of drug-likeness (QED) is 0.792. The Hall–Kier alpha value is -1.96. The predicted molar refractivity (Wildman–Crippen MR) is 62.3 cm³/mol. The second-order valence-corrected chi connectivity index (χ2v) is 4.48. The lowest BCUT2D eigenvalue weighted by molar-refractivity contribution is 0.0596. The highest BCUT2D eigenvalue weighted by molar-refractivity contribution is 7.13. The number of ether oxygens (including phenoxy) is 1. The Balaban J connectivity index is 2.56. The highest BCUT2D eigenvalue weighted by atomic mass is 32.1. The van der Waals surface area contributed by atoms with Crippen LogP contribution in [0, 0.1) is 13.8 Å². The molecule has 2 rings (SSSR count). The predicted octanol–water partition coefficient (Wildman–Crippen LogP) is 0.709. The van der Waals surface area contributed by atoms with E-state index in [2.05, 4.69) is 19.9 Å². The molecule has 7 nitrogen and oxygen atoms in total. The highest BCUT2D eigenvalue weighted by Gasteiger charge is 2.21. The standard InChI is InChI=1S/C9H11N5O2S/c1-4-11-6(8(15)16-3)7(10)14(4)9-13-12-5(2)17-9/h10H2,1-3H3. The molecule has 17 heavy (non-hydrogen) atoms. The summed E-state index contributed by atoms with van der Waals surface area (Å²) in [6, 6.07) is 0. The van der Waals surface area contributed by atoms with Gasteiger partial charge in [0.15, 0.2) is 5.69 Å². The Morgan fingerprint density at radius 3 is 2.65 bits per heavy atom. The summed E-state index contributed by atoms with van der Waals surface area (Å²) in [5.74, 6) is 0.218. The van der Waals surface area contributed by atoms with Gasteiger partial charge in [-0.3, -0.25) is 4.57 Å². The van der Waals surface area contributed by atoms with Gasteiger partial charge in [-0.1, -0.05) is 11.3 Å². The van der Waals surface area contributed by atoms with Crippen LogP contribution >= 0.6 is 11.3 Å². The number of hydrogen-bond acceptors (Lipinski definition) is 7. The molecule has 0 saturated heterocycles. The number of aromatic nitrogens is 4. The SMILES string of the molecule is COC(=O)c1nc(C)n(-c2nnc(C)s2)c1N. The number of nitrogens with zero attached hydrogens (tertiary/aromatic N) is 4. The number of imidazole rings is 1. The minimum atomic E-state index is -0.564. The summed E-state index contributed by atoms with van der Waals surface area (Å²) in [7, 11) is 1.28. The minimum Gasteiger partial charge on any atom is -0.464 e. The fraction of sp³-hybridized carbons (Fsp3) is 0.333. The number of methoxy groups -OCH3 is 1. The molecule has 0 bridgehead atoms. The van der Waals surface area contributed by atoms with E-state index in [4.69, 9.17) is 5.73 Å². The minimum absolute atomic E-state index is 0.0952. The molecule has 0 aliphatic carbocycles. The third-order valence-corrected chi connectivity index (χ3v) is 2.99. The van der Waals surface area contributed by atoms with E-state index in [0.29, 0.717) is 11.0 Å². The number of carbonyl (C=O) groups is 1. The number of rotatable bonds is 2. The van der Waals surface area contributed by atoms with Gasteiger partial charge in [0, 0.05) is 0 Å². The number of nitrogen functional groups attached to an aromatic ring is 1. The van der Waals surface area contributed by atoms with Crippen molar-refractivity contribution in [2.45, 2.75) is 13.8 Å². The van der Waals surface area contributed by atoms with Gasteiger partial charge in [-0.15, -0.1) is 10.2 Å². The fourth-order valence-corrected chi connectivity index (χ4v) is 2.16. The monoisotopic (exact) mass is 253 g/mol. The number of nitrogens with two attached hydrogens (primary N) is 1. The molecule has 2 aromatic heterocycles. The van der Waals surface area contributed by atoms with Crippen molar-refractivity contribution in [3.8, 4) is 5.13 Å². The lowest BCUT2D eigenvalue weighted by atomic mass is 10.4. The van der Waals surface area contributed by atoms with E-state index in [1.165, 1.54) is 18.4 Å². The van der Waals surface area contributed by atoms with E-state index in [9.17, 15) is 4.79 Å². The van der Waals surface area contributed by atoms with Crippen molar-refractivity contribution in [2.75, 3.05) is 12.8 Å². The summed E-state index contributed by atoms with van der Waals surface area (Å²) in [6.45, 7) is 3.57. The summed E-state index contributed by atoms with van der Waals surface area (Å²) in [4.78, 5) is 15.5. The fourth-order valence-electron chi connectivity index (χ4n) is 1.41. The first-order valence-corrected chi connectivity index (χ1v) is 5.60. The Morgan fingerprint density at radius 1 is 1.41 bits per heavy atom. The van der Waals surface area contributed by atoms with Gasteiger partial charge in [0.25, 0.3) is 0 Å². The molecule has 2 aromatic rings.